The standard InChI is InChI=1S/C12H13N5OS/c13-10-3-7(11(14)18)8(4-15-10)16-12-17-9(5-19-12)6-1-2-6/h3-6H,1-2H2,(H2,13,15)(H2,14,18)(H,16,17). The minimum Gasteiger partial charge on any atom is -0.384 e. The lowest BCUT2D eigenvalue weighted by molar-refractivity contribution is 0.100. The summed E-state index contributed by atoms with van der Waals surface area (Å²) in [6, 6.07) is 1.46. The molecule has 1 saturated carbocycles. The second-order valence-corrected chi connectivity index (χ2v) is 5.35. The molecule has 0 aromatic carbocycles. The third-order valence-electron chi connectivity index (χ3n) is 2.95. The highest BCUT2D eigenvalue weighted by molar-refractivity contribution is 7.13. The Hall–Kier alpha value is -2.15. The topological polar surface area (TPSA) is 107 Å². The van der Waals surface area contributed by atoms with E-state index in [1.807, 2.05) is 5.38 Å². The molecule has 2 aromatic rings. The number of thiazole rings is 1. The summed E-state index contributed by atoms with van der Waals surface area (Å²) in [4.78, 5) is 19.8. The minimum absolute atomic E-state index is 0.261. The van der Waals surface area contributed by atoms with E-state index < -0.39 is 5.91 Å². The van der Waals surface area contributed by atoms with Gasteiger partial charge in [-0.3, -0.25) is 4.79 Å². The molecule has 1 aliphatic rings. The number of pyridine rings is 1. The molecule has 7 heteroatoms. The van der Waals surface area contributed by atoms with E-state index in [0.717, 1.165) is 10.8 Å². The molecule has 6 nitrogen and oxygen atoms in total. The molecule has 19 heavy (non-hydrogen) atoms. The van der Waals surface area contributed by atoms with Gasteiger partial charge in [-0.05, 0) is 18.9 Å². The Bertz CT molecular complexity index is 635. The van der Waals surface area contributed by atoms with Gasteiger partial charge in [-0.1, -0.05) is 0 Å². The summed E-state index contributed by atoms with van der Waals surface area (Å²) >= 11 is 1.50. The molecule has 3 rings (SSSR count). The van der Waals surface area contributed by atoms with Crippen molar-refractivity contribution in [1.29, 1.82) is 0 Å². The van der Waals surface area contributed by atoms with E-state index in [9.17, 15) is 4.79 Å². The number of rotatable bonds is 4. The van der Waals surface area contributed by atoms with Crippen LogP contribution in [0, 0.1) is 0 Å². The quantitative estimate of drug-likeness (QED) is 0.789. The van der Waals surface area contributed by atoms with E-state index in [-0.39, 0.29) is 5.82 Å². The van der Waals surface area contributed by atoms with Crippen LogP contribution in [0.3, 0.4) is 0 Å². The van der Waals surface area contributed by atoms with Crippen molar-refractivity contribution in [3.63, 3.8) is 0 Å². The molecule has 0 atom stereocenters. The smallest absolute Gasteiger partial charge is 0.251 e. The molecule has 2 heterocycles. The summed E-state index contributed by atoms with van der Waals surface area (Å²) < 4.78 is 0. The normalized spacial score (nSPS) is 14.3. The first kappa shape index (κ1) is 11.9. The van der Waals surface area contributed by atoms with Crippen LogP contribution in [-0.4, -0.2) is 15.9 Å². The molecule has 1 fully saturated rings. The third kappa shape index (κ3) is 2.50. The van der Waals surface area contributed by atoms with Gasteiger partial charge < -0.3 is 16.8 Å². The highest BCUT2D eigenvalue weighted by atomic mass is 32.1. The SMILES string of the molecule is NC(=O)c1cc(N)ncc1Nc1nc(C2CC2)cs1. The molecule has 2 aromatic heterocycles. The lowest BCUT2D eigenvalue weighted by Crippen LogP contribution is -2.14. The van der Waals surface area contributed by atoms with Crippen LogP contribution in [0.5, 0.6) is 0 Å². The number of hydrogen-bond donors (Lipinski definition) is 3. The van der Waals surface area contributed by atoms with Crippen LogP contribution >= 0.6 is 11.3 Å². The first-order chi connectivity index (χ1) is 9.13. The molecule has 1 amide bonds. The van der Waals surface area contributed by atoms with Gasteiger partial charge in [0.05, 0.1) is 23.1 Å². The van der Waals surface area contributed by atoms with Gasteiger partial charge in [0.1, 0.15) is 5.82 Å². The fourth-order valence-electron chi connectivity index (χ4n) is 1.80. The van der Waals surface area contributed by atoms with Crippen LogP contribution in [0.2, 0.25) is 0 Å². The van der Waals surface area contributed by atoms with E-state index >= 15 is 0 Å². The zero-order valence-electron chi connectivity index (χ0n) is 10.1. The minimum atomic E-state index is -0.546. The van der Waals surface area contributed by atoms with Crippen molar-refractivity contribution in [2.75, 3.05) is 11.1 Å². The molecule has 0 bridgehead atoms. The molecule has 0 spiro atoms. The van der Waals surface area contributed by atoms with Gasteiger partial charge in [-0.25, -0.2) is 9.97 Å². The van der Waals surface area contributed by atoms with Gasteiger partial charge in [-0.15, -0.1) is 11.3 Å². The van der Waals surface area contributed by atoms with E-state index in [1.54, 1.807) is 0 Å². The van der Waals surface area contributed by atoms with Crippen molar-refractivity contribution in [2.24, 2.45) is 5.73 Å². The Labute approximate surface area is 113 Å². The third-order valence-corrected chi connectivity index (χ3v) is 3.73. The van der Waals surface area contributed by atoms with Gasteiger partial charge >= 0.3 is 0 Å². The van der Waals surface area contributed by atoms with Crippen molar-refractivity contribution in [1.82, 2.24) is 9.97 Å². The van der Waals surface area contributed by atoms with Crippen LogP contribution in [0.1, 0.15) is 34.8 Å². The monoisotopic (exact) mass is 275 g/mol. The van der Waals surface area contributed by atoms with Crippen molar-refractivity contribution in [3.8, 4) is 0 Å². The molecular formula is C12H13N5OS. The number of nitrogens with zero attached hydrogens (tertiary/aromatic N) is 2. The summed E-state index contributed by atoms with van der Waals surface area (Å²) in [5.74, 6) is 0.319. The number of anilines is 3. The lowest BCUT2D eigenvalue weighted by atomic mass is 10.2. The largest absolute Gasteiger partial charge is 0.384 e. The van der Waals surface area contributed by atoms with Crippen LogP contribution in [0.15, 0.2) is 17.6 Å². The Balaban J connectivity index is 1.87. The molecule has 5 N–H and O–H groups in total. The fraction of sp³-hybridized carbons (Fsp3) is 0.250. The van der Waals surface area contributed by atoms with E-state index in [2.05, 4.69) is 15.3 Å². The van der Waals surface area contributed by atoms with Gasteiger partial charge in [0.15, 0.2) is 5.13 Å². The molecule has 0 unspecified atom stereocenters. The summed E-state index contributed by atoms with van der Waals surface area (Å²) in [6.45, 7) is 0. The highest BCUT2D eigenvalue weighted by Crippen LogP contribution is 2.41. The van der Waals surface area contributed by atoms with Gasteiger partial charge in [0, 0.05) is 11.3 Å². The number of nitrogens with one attached hydrogen (secondary N) is 1. The molecule has 98 valence electrons. The summed E-state index contributed by atoms with van der Waals surface area (Å²) in [6.07, 6.45) is 3.91. The Morgan fingerprint density at radius 1 is 1.47 bits per heavy atom. The Morgan fingerprint density at radius 3 is 2.95 bits per heavy atom. The summed E-state index contributed by atoms with van der Waals surface area (Å²) in [5, 5.41) is 5.84. The van der Waals surface area contributed by atoms with Crippen molar-refractivity contribution < 1.29 is 4.79 Å². The van der Waals surface area contributed by atoms with Gasteiger partial charge in [0.2, 0.25) is 0 Å². The van der Waals surface area contributed by atoms with E-state index in [4.69, 9.17) is 11.5 Å². The maximum absolute atomic E-state index is 11.4. The van der Waals surface area contributed by atoms with Crippen LogP contribution in [-0.2, 0) is 0 Å². The number of aromatic nitrogens is 2. The second kappa shape index (κ2) is 4.51. The Kier molecular flexibility index (Phi) is 2.83. The summed E-state index contributed by atoms with van der Waals surface area (Å²) in [5.41, 5.74) is 12.8. The second-order valence-electron chi connectivity index (χ2n) is 4.50. The van der Waals surface area contributed by atoms with Crippen molar-refractivity contribution in [3.05, 3.63) is 28.9 Å². The first-order valence-corrected chi connectivity index (χ1v) is 6.79. The predicted molar refractivity (Wildman–Crippen MR) is 74.5 cm³/mol. The first-order valence-electron chi connectivity index (χ1n) is 5.91. The predicted octanol–water partition coefficient (Wildman–Crippen LogP) is 1.84. The zero-order chi connectivity index (χ0) is 13.4. The van der Waals surface area contributed by atoms with Gasteiger partial charge in [0.25, 0.3) is 5.91 Å². The highest BCUT2D eigenvalue weighted by Gasteiger charge is 2.26. The number of primary amides is 1. The van der Waals surface area contributed by atoms with Crippen molar-refractivity contribution >= 4 is 33.9 Å². The van der Waals surface area contributed by atoms with E-state index in [1.165, 1.54) is 36.4 Å². The number of carbonyl (C=O) groups excluding carboxylic acids is 1. The molecular weight excluding hydrogens is 262 g/mol. The lowest BCUT2D eigenvalue weighted by Gasteiger charge is -2.07. The van der Waals surface area contributed by atoms with Crippen LogP contribution in [0.4, 0.5) is 16.6 Å². The summed E-state index contributed by atoms with van der Waals surface area (Å²) in [7, 11) is 0. The number of nitrogens with two attached hydrogens (primary N) is 2. The fourth-order valence-corrected chi connectivity index (χ4v) is 2.60. The number of nitrogen functional groups attached to an aromatic ring is 1. The number of amides is 1. The van der Waals surface area contributed by atoms with Crippen molar-refractivity contribution in [2.45, 2.75) is 18.8 Å². The maximum Gasteiger partial charge on any atom is 0.251 e. The van der Waals surface area contributed by atoms with Crippen LogP contribution in [0.25, 0.3) is 0 Å². The van der Waals surface area contributed by atoms with E-state index in [0.29, 0.717) is 17.2 Å². The molecule has 0 saturated heterocycles. The number of hydrogen-bond acceptors (Lipinski definition) is 6. The Morgan fingerprint density at radius 2 is 2.26 bits per heavy atom. The average Bonchev–Trinajstić information content (AvgIpc) is 3.12. The maximum atomic E-state index is 11.4. The molecule has 1 aliphatic carbocycles. The zero-order valence-corrected chi connectivity index (χ0v) is 10.9. The average molecular weight is 275 g/mol. The molecule has 0 radical (unpaired) electrons. The van der Waals surface area contributed by atoms with Gasteiger partial charge in [-0.2, -0.15) is 0 Å². The van der Waals surface area contributed by atoms with Crippen LogP contribution < -0.4 is 16.8 Å². The number of carbonyl (C=O) groups is 1. The molecule has 0 aliphatic heterocycles.